The van der Waals surface area contributed by atoms with Crippen LogP contribution in [0.25, 0.3) is 10.9 Å². The van der Waals surface area contributed by atoms with Gasteiger partial charge in [-0.2, -0.15) is 0 Å². The van der Waals surface area contributed by atoms with E-state index in [1.165, 1.54) is 0 Å². The molecule has 0 aliphatic rings. The Labute approximate surface area is 116 Å². The number of rotatable bonds is 2. The smallest absolute Gasteiger partial charge is 0.131 e. The first-order valence-corrected chi connectivity index (χ1v) is 6.27. The molecule has 0 unspecified atom stereocenters. The molecule has 0 atom stereocenters. The second kappa shape index (κ2) is 4.78. The lowest BCUT2D eigenvalue weighted by atomic mass is 10.2. The van der Waals surface area contributed by atoms with Crippen molar-refractivity contribution in [3.05, 3.63) is 59.6 Å². The van der Waals surface area contributed by atoms with E-state index in [2.05, 4.69) is 10.3 Å². The summed E-state index contributed by atoms with van der Waals surface area (Å²) < 4.78 is 0. The van der Waals surface area contributed by atoms with Gasteiger partial charge in [-0.25, -0.2) is 4.98 Å². The van der Waals surface area contributed by atoms with Crippen molar-refractivity contribution >= 4 is 39.7 Å². The molecule has 0 aliphatic heterocycles. The van der Waals surface area contributed by atoms with Crippen LogP contribution in [0.1, 0.15) is 0 Å². The molecule has 3 aromatic rings. The second-order valence-electron chi connectivity index (χ2n) is 4.28. The van der Waals surface area contributed by atoms with E-state index in [1.807, 2.05) is 54.6 Å². The van der Waals surface area contributed by atoms with Crippen molar-refractivity contribution in [3.63, 3.8) is 0 Å². The van der Waals surface area contributed by atoms with Gasteiger partial charge in [0.15, 0.2) is 0 Å². The summed E-state index contributed by atoms with van der Waals surface area (Å²) in [5.41, 5.74) is 8.35. The molecule has 0 fully saturated rings. The largest absolute Gasteiger partial charge is 0.399 e. The normalized spacial score (nSPS) is 10.6. The van der Waals surface area contributed by atoms with Crippen LogP contribution in [-0.4, -0.2) is 4.98 Å². The van der Waals surface area contributed by atoms with Gasteiger partial charge in [0, 0.05) is 21.8 Å². The number of hydrogen-bond acceptors (Lipinski definition) is 3. The molecule has 0 saturated heterocycles. The highest BCUT2D eigenvalue weighted by Gasteiger charge is 2.00. The molecule has 3 nitrogen and oxygen atoms in total. The zero-order valence-corrected chi connectivity index (χ0v) is 10.9. The van der Waals surface area contributed by atoms with E-state index in [0.717, 1.165) is 28.1 Å². The van der Waals surface area contributed by atoms with Crippen LogP contribution < -0.4 is 11.1 Å². The van der Waals surface area contributed by atoms with Gasteiger partial charge in [0.2, 0.25) is 0 Å². The third-order valence-corrected chi connectivity index (χ3v) is 3.08. The monoisotopic (exact) mass is 269 g/mol. The lowest BCUT2D eigenvalue weighted by molar-refractivity contribution is 1.37. The Kier molecular flexibility index (Phi) is 2.97. The van der Waals surface area contributed by atoms with Crippen LogP contribution in [0.15, 0.2) is 54.6 Å². The Morgan fingerprint density at radius 1 is 0.947 bits per heavy atom. The topological polar surface area (TPSA) is 50.9 Å². The Morgan fingerprint density at radius 3 is 2.53 bits per heavy atom. The van der Waals surface area contributed by atoms with Crippen LogP contribution in [0.2, 0.25) is 5.02 Å². The number of anilines is 3. The maximum atomic E-state index is 5.85. The van der Waals surface area contributed by atoms with Gasteiger partial charge in [-0.15, -0.1) is 0 Å². The van der Waals surface area contributed by atoms with Gasteiger partial charge < -0.3 is 11.1 Å². The van der Waals surface area contributed by atoms with Crippen molar-refractivity contribution in [2.75, 3.05) is 11.1 Å². The van der Waals surface area contributed by atoms with E-state index in [1.54, 1.807) is 0 Å². The van der Waals surface area contributed by atoms with Crippen molar-refractivity contribution in [3.8, 4) is 0 Å². The molecule has 0 aliphatic carbocycles. The zero-order valence-electron chi connectivity index (χ0n) is 10.1. The fourth-order valence-electron chi connectivity index (χ4n) is 1.89. The second-order valence-corrected chi connectivity index (χ2v) is 4.72. The quantitative estimate of drug-likeness (QED) is 0.685. The molecule has 2 aromatic carbocycles. The minimum atomic E-state index is 0.715. The van der Waals surface area contributed by atoms with Gasteiger partial charge in [-0.3, -0.25) is 0 Å². The van der Waals surface area contributed by atoms with Crippen LogP contribution in [0, 0.1) is 0 Å². The maximum absolute atomic E-state index is 5.85. The molecule has 1 heterocycles. The fourth-order valence-corrected chi connectivity index (χ4v) is 2.02. The van der Waals surface area contributed by atoms with Crippen molar-refractivity contribution in [2.45, 2.75) is 0 Å². The summed E-state index contributed by atoms with van der Waals surface area (Å²) in [6.07, 6.45) is 0. The number of nitrogen functional groups attached to an aromatic ring is 1. The summed E-state index contributed by atoms with van der Waals surface area (Å²) in [6, 6.07) is 17.1. The van der Waals surface area contributed by atoms with Crippen molar-refractivity contribution in [1.82, 2.24) is 4.98 Å². The zero-order chi connectivity index (χ0) is 13.2. The lowest BCUT2D eigenvalue weighted by Crippen LogP contribution is -1.94. The number of aromatic nitrogens is 1. The molecule has 1 aromatic heterocycles. The standard InChI is InChI=1S/C15H12ClN3/c16-11-2-5-13(6-3-11)18-15-8-1-10-9-12(17)4-7-14(10)19-15/h1-9H,17H2,(H,18,19). The highest BCUT2D eigenvalue weighted by Crippen LogP contribution is 2.21. The van der Waals surface area contributed by atoms with Gasteiger partial charge in [-0.1, -0.05) is 11.6 Å². The minimum Gasteiger partial charge on any atom is -0.399 e. The fraction of sp³-hybridized carbons (Fsp3) is 0. The number of hydrogen-bond donors (Lipinski definition) is 2. The Bertz CT molecular complexity index is 723. The molecule has 94 valence electrons. The number of fused-ring (bicyclic) bond motifs is 1. The highest BCUT2D eigenvalue weighted by molar-refractivity contribution is 6.30. The van der Waals surface area contributed by atoms with Crippen LogP contribution in [0.5, 0.6) is 0 Å². The third kappa shape index (κ3) is 2.61. The van der Waals surface area contributed by atoms with E-state index in [4.69, 9.17) is 17.3 Å². The number of benzene rings is 2. The Morgan fingerprint density at radius 2 is 1.74 bits per heavy atom. The van der Waals surface area contributed by atoms with Crippen LogP contribution in [0.4, 0.5) is 17.2 Å². The maximum Gasteiger partial charge on any atom is 0.131 e. The average molecular weight is 270 g/mol. The van der Waals surface area contributed by atoms with Crippen molar-refractivity contribution < 1.29 is 0 Å². The van der Waals surface area contributed by atoms with E-state index < -0.39 is 0 Å². The summed E-state index contributed by atoms with van der Waals surface area (Å²) in [5.74, 6) is 0.791. The first-order valence-electron chi connectivity index (χ1n) is 5.89. The van der Waals surface area contributed by atoms with E-state index >= 15 is 0 Å². The first-order chi connectivity index (χ1) is 9.20. The van der Waals surface area contributed by atoms with Gasteiger partial charge >= 0.3 is 0 Å². The van der Waals surface area contributed by atoms with E-state index in [-0.39, 0.29) is 0 Å². The van der Waals surface area contributed by atoms with Crippen molar-refractivity contribution in [2.24, 2.45) is 0 Å². The Hall–Kier alpha value is -2.26. The highest BCUT2D eigenvalue weighted by atomic mass is 35.5. The number of pyridine rings is 1. The molecule has 0 amide bonds. The minimum absolute atomic E-state index is 0.715. The molecule has 0 radical (unpaired) electrons. The predicted molar refractivity (Wildman–Crippen MR) is 80.9 cm³/mol. The molecular formula is C15H12ClN3. The molecule has 3 rings (SSSR count). The molecule has 0 spiro atoms. The van der Waals surface area contributed by atoms with Crippen molar-refractivity contribution in [1.29, 1.82) is 0 Å². The summed E-state index contributed by atoms with van der Waals surface area (Å²) in [5, 5.41) is 4.98. The number of nitrogens with two attached hydrogens (primary N) is 1. The Balaban J connectivity index is 1.93. The number of halogens is 1. The van der Waals surface area contributed by atoms with Gasteiger partial charge in [0.25, 0.3) is 0 Å². The molecule has 19 heavy (non-hydrogen) atoms. The summed E-state index contributed by atoms with van der Waals surface area (Å²) in [7, 11) is 0. The summed E-state index contributed by atoms with van der Waals surface area (Å²) >= 11 is 5.85. The first kappa shape index (κ1) is 11.8. The van der Waals surface area contributed by atoms with E-state index in [9.17, 15) is 0 Å². The summed E-state index contributed by atoms with van der Waals surface area (Å²) in [4.78, 5) is 4.53. The number of nitrogens with zero attached hydrogens (tertiary/aromatic N) is 1. The molecule has 0 saturated carbocycles. The van der Waals surface area contributed by atoms with E-state index in [0.29, 0.717) is 5.02 Å². The van der Waals surface area contributed by atoms with Crippen LogP contribution >= 0.6 is 11.6 Å². The summed E-state index contributed by atoms with van der Waals surface area (Å²) in [6.45, 7) is 0. The van der Waals surface area contributed by atoms with Gasteiger partial charge in [0.1, 0.15) is 5.82 Å². The molecular weight excluding hydrogens is 258 g/mol. The predicted octanol–water partition coefficient (Wildman–Crippen LogP) is 4.21. The average Bonchev–Trinajstić information content (AvgIpc) is 2.42. The molecule has 3 N–H and O–H groups in total. The van der Waals surface area contributed by atoms with Crippen LogP contribution in [0.3, 0.4) is 0 Å². The third-order valence-electron chi connectivity index (χ3n) is 2.83. The van der Waals surface area contributed by atoms with Crippen LogP contribution in [-0.2, 0) is 0 Å². The number of nitrogens with one attached hydrogen (secondary N) is 1. The van der Waals surface area contributed by atoms with Gasteiger partial charge in [-0.05, 0) is 54.6 Å². The van der Waals surface area contributed by atoms with Gasteiger partial charge in [0.05, 0.1) is 5.52 Å². The lowest BCUT2D eigenvalue weighted by Gasteiger charge is -2.07. The molecule has 0 bridgehead atoms. The molecule has 4 heteroatoms. The SMILES string of the molecule is Nc1ccc2nc(Nc3ccc(Cl)cc3)ccc2c1.